The van der Waals surface area contributed by atoms with Gasteiger partial charge in [0, 0.05) is 49.7 Å². The molecule has 1 atom stereocenters. The van der Waals surface area contributed by atoms with Crippen molar-refractivity contribution >= 4 is 5.91 Å². The van der Waals surface area contributed by atoms with Crippen LogP contribution in [0.25, 0.3) is 5.69 Å². The standard InChI is InChI=1S/C23H30N4O2/c28-23(17-6-7-17)24-14-19-15-25-27(21-4-2-1-3-5-21)22(19)18-8-11-26(16-18)20-9-12-29-13-10-20/h1-5,15,17-18,20H,6-14,16H2,(H,24,28). The lowest BCUT2D eigenvalue weighted by molar-refractivity contribution is -0.122. The third kappa shape index (κ3) is 4.09. The van der Waals surface area contributed by atoms with Crippen LogP contribution in [0.1, 0.15) is 49.3 Å². The molecule has 6 heteroatoms. The molecule has 1 aliphatic carbocycles. The third-order valence-corrected chi connectivity index (χ3v) is 6.60. The number of carbonyl (C=O) groups is 1. The summed E-state index contributed by atoms with van der Waals surface area (Å²) < 4.78 is 7.65. The average molecular weight is 395 g/mol. The first-order chi connectivity index (χ1) is 14.3. The van der Waals surface area contributed by atoms with Gasteiger partial charge in [-0.1, -0.05) is 18.2 Å². The van der Waals surface area contributed by atoms with Crippen molar-refractivity contribution in [2.24, 2.45) is 5.92 Å². The van der Waals surface area contributed by atoms with Gasteiger partial charge in [0.2, 0.25) is 5.91 Å². The van der Waals surface area contributed by atoms with E-state index in [-0.39, 0.29) is 11.8 Å². The van der Waals surface area contributed by atoms with Crippen LogP contribution in [0.2, 0.25) is 0 Å². The highest BCUT2D eigenvalue weighted by Gasteiger charge is 2.34. The number of rotatable bonds is 6. The molecule has 0 radical (unpaired) electrons. The quantitative estimate of drug-likeness (QED) is 0.819. The van der Waals surface area contributed by atoms with Crippen LogP contribution < -0.4 is 5.32 Å². The topological polar surface area (TPSA) is 59.4 Å². The molecule has 2 aliphatic heterocycles. The molecule has 1 aromatic heterocycles. The van der Waals surface area contributed by atoms with Crippen LogP contribution in [0.4, 0.5) is 0 Å². The van der Waals surface area contributed by atoms with Gasteiger partial charge >= 0.3 is 0 Å². The fraction of sp³-hybridized carbons (Fsp3) is 0.565. The Hall–Kier alpha value is -2.18. The van der Waals surface area contributed by atoms with E-state index in [1.807, 2.05) is 12.3 Å². The van der Waals surface area contributed by atoms with Crippen LogP contribution >= 0.6 is 0 Å². The minimum absolute atomic E-state index is 0.193. The Kier molecular flexibility index (Phi) is 5.38. The smallest absolute Gasteiger partial charge is 0.223 e. The lowest BCUT2D eigenvalue weighted by Crippen LogP contribution is -2.37. The predicted octanol–water partition coefficient (Wildman–Crippen LogP) is 2.87. The highest BCUT2D eigenvalue weighted by Crippen LogP contribution is 2.34. The monoisotopic (exact) mass is 394 g/mol. The van der Waals surface area contributed by atoms with E-state index in [2.05, 4.69) is 39.2 Å². The molecule has 3 heterocycles. The summed E-state index contributed by atoms with van der Waals surface area (Å²) in [6, 6.07) is 11.0. The number of hydrogen-bond acceptors (Lipinski definition) is 4. The number of para-hydroxylation sites is 1. The third-order valence-electron chi connectivity index (χ3n) is 6.60. The van der Waals surface area contributed by atoms with Gasteiger partial charge in [0.1, 0.15) is 0 Å². The van der Waals surface area contributed by atoms with Crippen molar-refractivity contribution in [1.29, 1.82) is 0 Å². The van der Waals surface area contributed by atoms with E-state index in [1.165, 1.54) is 5.69 Å². The molecule has 0 bridgehead atoms. The van der Waals surface area contributed by atoms with Gasteiger partial charge in [-0.25, -0.2) is 4.68 Å². The Balaban J connectivity index is 1.38. The van der Waals surface area contributed by atoms with E-state index in [0.29, 0.717) is 18.5 Å². The van der Waals surface area contributed by atoms with Crippen molar-refractivity contribution < 1.29 is 9.53 Å². The molecule has 1 N–H and O–H groups in total. The fourth-order valence-corrected chi connectivity index (χ4v) is 4.80. The first kappa shape index (κ1) is 18.8. The van der Waals surface area contributed by atoms with E-state index in [1.54, 1.807) is 0 Å². The van der Waals surface area contributed by atoms with Crippen molar-refractivity contribution in [3.8, 4) is 5.69 Å². The number of aromatic nitrogens is 2. The zero-order valence-electron chi connectivity index (χ0n) is 16.9. The Morgan fingerprint density at radius 3 is 2.66 bits per heavy atom. The van der Waals surface area contributed by atoms with Crippen LogP contribution in [-0.4, -0.2) is 52.9 Å². The molecule has 1 aromatic carbocycles. The van der Waals surface area contributed by atoms with Crippen LogP contribution in [-0.2, 0) is 16.1 Å². The lowest BCUT2D eigenvalue weighted by atomic mass is 10.00. The van der Waals surface area contributed by atoms with Crippen LogP contribution in [0.3, 0.4) is 0 Å². The van der Waals surface area contributed by atoms with Crippen molar-refractivity contribution in [1.82, 2.24) is 20.0 Å². The molecule has 29 heavy (non-hydrogen) atoms. The maximum absolute atomic E-state index is 12.2. The largest absolute Gasteiger partial charge is 0.381 e. The van der Waals surface area contributed by atoms with E-state index >= 15 is 0 Å². The number of nitrogens with zero attached hydrogens (tertiary/aromatic N) is 3. The molecule has 5 rings (SSSR count). The van der Waals surface area contributed by atoms with Crippen LogP contribution in [0.15, 0.2) is 36.5 Å². The minimum Gasteiger partial charge on any atom is -0.381 e. The van der Waals surface area contributed by atoms with E-state index in [9.17, 15) is 4.79 Å². The number of likely N-dealkylation sites (tertiary alicyclic amines) is 1. The first-order valence-electron chi connectivity index (χ1n) is 11.0. The Bertz CT molecular complexity index is 840. The molecule has 1 saturated carbocycles. The minimum atomic E-state index is 0.193. The summed E-state index contributed by atoms with van der Waals surface area (Å²) in [5.74, 6) is 0.866. The highest BCUT2D eigenvalue weighted by molar-refractivity contribution is 5.80. The molecule has 1 unspecified atom stereocenters. The van der Waals surface area contributed by atoms with Gasteiger partial charge in [0.05, 0.1) is 17.6 Å². The van der Waals surface area contributed by atoms with Crippen molar-refractivity contribution in [2.45, 2.75) is 50.6 Å². The Morgan fingerprint density at radius 2 is 1.90 bits per heavy atom. The van der Waals surface area contributed by atoms with Crippen molar-refractivity contribution in [3.05, 3.63) is 47.8 Å². The van der Waals surface area contributed by atoms with Gasteiger partial charge in [-0.3, -0.25) is 9.69 Å². The lowest BCUT2D eigenvalue weighted by Gasteiger charge is -2.31. The molecule has 1 amide bonds. The zero-order valence-corrected chi connectivity index (χ0v) is 16.9. The number of hydrogen-bond donors (Lipinski definition) is 1. The highest BCUT2D eigenvalue weighted by atomic mass is 16.5. The second-order valence-electron chi connectivity index (χ2n) is 8.62. The number of amides is 1. The second-order valence-corrected chi connectivity index (χ2v) is 8.62. The summed E-state index contributed by atoms with van der Waals surface area (Å²) in [4.78, 5) is 14.8. The molecule has 2 saturated heterocycles. The maximum atomic E-state index is 12.2. The predicted molar refractivity (Wildman–Crippen MR) is 111 cm³/mol. The van der Waals surface area contributed by atoms with Gasteiger partial charge in [-0.05, 0) is 50.8 Å². The number of nitrogens with one attached hydrogen (secondary N) is 1. The van der Waals surface area contributed by atoms with Gasteiger partial charge in [-0.2, -0.15) is 5.10 Å². The molecular formula is C23H30N4O2. The van der Waals surface area contributed by atoms with Crippen LogP contribution in [0, 0.1) is 5.92 Å². The SMILES string of the molecule is O=C(NCc1cnn(-c2ccccc2)c1C1CCN(C2CCOCC2)C1)C1CC1. The molecule has 154 valence electrons. The zero-order chi connectivity index (χ0) is 19.6. The second kappa shape index (κ2) is 8.28. The molecule has 6 nitrogen and oxygen atoms in total. The molecule has 2 aromatic rings. The summed E-state index contributed by atoms with van der Waals surface area (Å²) >= 11 is 0. The van der Waals surface area contributed by atoms with E-state index in [0.717, 1.165) is 69.7 Å². The van der Waals surface area contributed by atoms with Gasteiger partial charge in [0.25, 0.3) is 0 Å². The summed E-state index contributed by atoms with van der Waals surface area (Å²) in [6.45, 7) is 4.53. The van der Waals surface area contributed by atoms with Gasteiger partial charge in [-0.15, -0.1) is 0 Å². The summed E-state index contributed by atoms with van der Waals surface area (Å²) in [5.41, 5.74) is 3.51. The summed E-state index contributed by atoms with van der Waals surface area (Å²) in [6.07, 6.45) is 7.42. The molecular weight excluding hydrogens is 364 g/mol. The molecule has 3 fully saturated rings. The van der Waals surface area contributed by atoms with Crippen molar-refractivity contribution in [3.63, 3.8) is 0 Å². The van der Waals surface area contributed by atoms with Crippen molar-refractivity contribution in [2.75, 3.05) is 26.3 Å². The Morgan fingerprint density at radius 1 is 1.10 bits per heavy atom. The fourth-order valence-electron chi connectivity index (χ4n) is 4.80. The summed E-state index contributed by atoms with van der Waals surface area (Å²) in [7, 11) is 0. The maximum Gasteiger partial charge on any atom is 0.223 e. The average Bonchev–Trinajstić information content (AvgIpc) is 3.36. The molecule has 0 spiro atoms. The first-order valence-corrected chi connectivity index (χ1v) is 11.0. The van der Waals surface area contributed by atoms with Gasteiger partial charge in [0.15, 0.2) is 0 Å². The number of ether oxygens (including phenoxy) is 1. The number of benzene rings is 1. The van der Waals surface area contributed by atoms with E-state index < -0.39 is 0 Å². The molecule has 3 aliphatic rings. The van der Waals surface area contributed by atoms with E-state index in [4.69, 9.17) is 9.84 Å². The Labute approximate surface area is 172 Å². The van der Waals surface area contributed by atoms with Crippen LogP contribution in [0.5, 0.6) is 0 Å². The summed E-state index contributed by atoms with van der Waals surface area (Å²) in [5, 5.41) is 7.88. The normalized spacial score (nSPS) is 23.4. The van der Waals surface area contributed by atoms with Gasteiger partial charge < -0.3 is 10.1 Å². The number of carbonyl (C=O) groups excluding carboxylic acids is 1.